The quantitative estimate of drug-likeness (QED) is 0.851. The lowest BCUT2D eigenvalue weighted by Gasteiger charge is -2.25. The molecule has 1 aliphatic heterocycles. The molecule has 2 heterocycles. The van der Waals surface area contributed by atoms with Crippen molar-refractivity contribution in [2.75, 3.05) is 13.2 Å². The average Bonchev–Trinajstić information content (AvgIpc) is 3.10. The number of aryl methyl sites for hydroxylation is 3. The van der Waals surface area contributed by atoms with E-state index in [1.165, 1.54) is 0 Å². The highest BCUT2D eigenvalue weighted by Crippen LogP contribution is 2.37. The number of halogens is 1. The minimum absolute atomic E-state index is 0.0141. The molecule has 24 heavy (non-hydrogen) atoms. The van der Waals surface area contributed by atoms with Crippen LogP contribution in [0.25, 0.3) is 0 Å². The third kappa shape index (κ3) is 3.26. The van der Waals surface area contributed by atoms with E-state index in [1.807, 2.05) is 50.1 Å². The van der Waals surface area contributed by atoms with Crippen molar-refractivity contribution in [3.63, 3.8) is 0 Å². The molecule has 1 fully saturated rings. The molecule has 1 amide bonds. The standard InChI is InChI=1S/C18H22ClN3O2/c1-12-6-4-7-14(10-12)24-11-16(23)22-9-5-8-15(22)17-13(2)20-21(3)18(17)19/h4,6-7,10,15H,5,8-9,11H2,1-3H3/t15-/m0/s1. The molecule has 0 N–H and O–H groups in total. The van der Waals surface area contributed by atoms with E-state index < -0.39 is 0 Å². The van der Waals surface area contributed by atoms with Crippen molar-refractivity contribution in [1.82, 2.24) is 14.7 Å². The van der Waals surface area contributed by atoms with Crippen LogP contribution >= 0.6 is 11.6 Å². The molecule has 2 aromatic rings. The lowest BCUT2D eigenvalue weighted by molar-refractivity contribution is -0.134. The molecule has 0 bridgehead atoms. The van der Waals surface area contributed by atoms with Gasteiger partial charge in [0.05, 0.1) is 11.7 Å². The van der Waals surface area contributed by atoms with Crippen LogP contribution in [0.4, 0.5) is 0 Å². The summed E-state index contributed by atoms with van der Waals surface area (Å²) in [6, 6.07) is 7.70. The highest BCUT2D eigenvalue weighted by Gasteiger charge is 2.34. The zero-order valence-corrected chi connectivity index (χ0v) is 15.0. The Balaban J connectivity index is 1.72. The van der Waals surface area contributed by atoms with E-state index in [0.29, 0.717) is 5.15 Å². The number of hydrogen-bond donors (Lipinski definition) is 0. The van der Waals surface area contributed by atoms with Crippen LogP contribution in [0.2, 0.25) is 5.15 Å². The van der Waals surface area contributed by atoms with Gasteiger partial charge in [0.25, 0.3) is 5.91 Å². The highest BCUT2D eigenvalue weighted by atomic mass is 35.5. The van der Waals surface area contributed by atoms with Crippen molar-refractivity contribution in [2.24, 2.45) is 7.05 Å². The van der Waals surface area contributed by atoms with E-state index in [4.69, 9.17) is 16.3 Å². The number of amides is 1. The second-order valence-electron chi connectivity index (χ2n) is 6.26. The van der Waals surface area contributed by atoms with E-state index in [0.717, 1.165) is 42.0 Å². The van der Waals surface area contributed by atoms with E-state index in [9.17, 15) is 4.79 Å². The van der Waals surface area contributed by atoms with Gasteiger partial charge in [0.2, 0.25) is 0 Å². The molecule has 5 nitrogen and oxygen atoms in total. The number of rotatable bonds is 4. The number of nitrogens with zero attached hydrogens (tertiary/aromatic N) is 3. The maximum Gasteiger partial charge on any atom is 0.261 e. The van der Waals surface area contributed by atoms with Gasteiger partial charge in [-0.1, -0.05) is 23.7 Å². The Kier molecular flexibility index (Phi) is 4.81. The third-order valence-corrected chi connectivity index (χ3v) is 4.90. The topological polar surface area (TPSA) is 47.4 Å². The summed E-state index contributed by atoms with van der Waals surface area (Å²) in [7, 11) is 1.82. The summed E-state index contributed by atoms with van der Waals surface area (Å²) >= 11 is 6.39. The number of carbonyl (C=O) groups excluding carboxylic acids is 1. The molecule has 1 aromatic carbocycles. The van der Waals surface area contributed by atoms with Gasteiger partial charge in [0.15, 0.2) is 6.61 Å². The monoisotopic (exact) mass is 347 g/mol. The maximum absolute atomic E-state index is 12.6. The first-order valence-electron chi connectivity index (χ1n) is 8.15. The summed E-state index contributed by atoms with van der Waals surface area (Å²) in [5.74, 6) is 0.702. The first kappa shape index (κ1) is 16.8. The number of aromatic nitrogens is 2. The van der Waals surface area contributed by atoms with Gasteiger partial charge in [-0.05, 0) is 44.4 Å². The molecule has 0 radical (unpaired) electrons. The second-order valence-corrected chi connectivity index (χ2v) is 6.62. The van der Waals surface area contributed by atoms with Crippen LogP contribution in [0.1, 0.15) is 35.7 Å². The van der Waals surface area contributed by atoms with Crippen molar-refractivity contribution >= 4 is 17.5 Å². The lowest BCUT2D eigenvalue weighted by atomic mass is 10.1. The number of benzene rings is 1. The van der Waals surface area contributed by atoms with Crippen molar-refractivity contribution in [2.45, 2.75) is 32.7 Å². The summed E-state index contributed by atoms with van der Waals surface area (Å²) < 4.78 is 7.33. The van der Waals surface area contributed by atoms with Crippen LogP contribution < -0.4 is 4.74 Å². The summed E-state index contributed by atoms with van der Waals surface area (Å²) in [5, 5.41) is 4.98. The van der Waals surface area contributed by atoms with E-state index in [1.54, 1.807) is 4.68 Å². The molecular formula is C18H22ClN3O2. The Labute approximate surface area is 147 Å². The molecule has 3 rings (SSSR count). The molecule has 0 aliphatic carbocycles. The van der Waals surface area contributed by atoms with Crippen LogP contribution in [0.5, 0.6) is 5.75 Å². The molecule has 0 spiro atoms. The van der Waals surface area contributed by atoms with Gasteiger partial charge in [-0.25, -0.2) is 0 Å². The van der Waals surface area contributed by atoms with Crippen LogP contribution in [-0.2, 0) is 11.8 Å². The molecule has 1 aromatic heterocycles. The summed E-state index contributed by atoms with van der Waals surface area (Å²) in [6.07, 6.45) is 1.87. The average molecular weight is 348 g/mol. The zero-order valence-electron chi connectivity index (χ0n) is 14.3. The molecule has 0 saturated carbocycles. The van der Waals surface area contributed by atoms with Crippen molar-refractivity contribution in [3.8, 4) is 5.75 Å². The number of carbonyl (C=O) groups is 1. The molecule has 1 aliphatic rings. The van der Waals surface area contributed by atoms with Gasteiger partial charge in [0.1, 0.15) is 10.9 Å². The van der Waals surface area contributed by atoms with Gasteiger partial charge >= 0.3 is 0 Å². The number of hydrogen-bond acceptors (Lipinski definition) is 3. The first-order chi connectivity index (χ1) is 11.5. The van der Waals surface area contributed by atoms with Gasteiger partial charge in [-0.3, -0.25) is 9.48 Å². The van der Waals surface area contributed by atoms with Crippen molar-refractivity contribution in [1.29, 1.82) is 0 Å². The Morgan fingerprint density at radius 1 is 1.42 bits per heavy atom. The molecule has 1 saturated heterocycles. The van der Waals surface area contributed by atoms with Crippen LogP contribution in [-0.4, -0.2) is 33.7 Å². The molecule has 1 atom stereocenters. The van der Waals surface area contributed by atoms with E-state index in [-0.39, 0.29) is 18.6 Å². The fraction of sp³-hybridized carbons (Fsp3) is 0.444. The van der Waals surface area contributed by atoms with Crippen molar-refractivity contribution in [3.05, 3.63) is 46.2 Å². The summed E-state index contributed by atoms with van der Waals surface area (Å²) in [5.41, 5.74) is 2.95. The normalized spacial score (nSPS) is 17.3. The predicted octanol–water partition coefficient (Wildman–Crippen LogP) is 3.43. The lowest BCUT2D eigenvalue weighted by Crippen LogP contribution is -2.34. The second kappa shape index (κ2) is 6.85. The Morgan fingerprint density at radius 2 is 2.21 bits per heavy atom. The van der Waals surface area contributed by atoms with E-state index in [2.05, 4.69) is 5.10 Å². The smallest absolute Gasteiger partial charge is 0.261 e. The van der Waals surface area contributed by atoms with Crippen LogP contribution in [0.15, 0.2) is 24.3 Å². The number of ether oxygens (including phenoxy) is 1. The third-order valence-electron chi connectivity index (χ3n) is 4.45. The van der Waals surface area contributed by atoms with Crippen LogP contribution in [0, 0.1) is 13.8 Å². The van der Waals surface area contributed by atoms with Crippen LogP contribution in [0.3, 0.4) is 0 Å². The first-order valence-corrected chi connectivity index (χ1v) is 8.53. The van der Waals surface area contributed by atoms with E-state index >= 15 is 0 Å². The Bertz CT molecular complexity index is 757. The fourth-order valence-corrected chi connectivity index (χ4v) is 3.62. The summed E-state index contributed by atoms with van der Waals surface area (Å²) in [6.45, 7) is 4.70. The Hall–Kier alpha value is -2.01. The largest absolute Gasteiger partial charge is 0.484 e. The molecule has 128 valence electrons. The molecular weight excluding hydrogens is 326 g/mol. The zero-order chi connectivity index (χ0) is 17.3. The summed E-state index contributed by atoms with van der Waals surface area (Å²) in [4.78, 5) is 14.5. The van der Waals surface area contributed by atoms with Crippen molar-refractivity contribution < 1.29 is 9.53 Å². The van der Waals surface area contributed by atoms with Gasteiger partial charge in [-0.15, -0.1) is 0 Å². The minimum Gasteiger partial charge on any atom is -0.484 e. The van der Waals surface area contributed by atoms with Gasteiger partial charge < -0.3 is 9.64 Å². The minimum atomic E-state index is -0.0154. The SMILES string of the molecule is Cc1cccc(OCC(=O)N2CCC[C@H]2c2c(C)nn(C)c2Cl)c1. The molecule has 0 unspecified atom stereocenters. The maximum atomic E-state index is 12.6. The number of likely N-dealkylation sites (tertiary alicyclic amines) is 1. The van der Waals surface area contributed by atoms with Gasteiger partial charge in [0, 0.05) is 19.2 Å². The van der Waals surface area contributed by atoms with Gasteiger partial charge in [-0.2, -0.15) is 5.10 Å². The molecule has 6 heteroatoms. The highest BCUT2D eigenvalue weighted by molar-refractivity contribution is 6.30. The predicted molar refractivity (Wildman–Crippen MR) is 93.3 cm³/mol. The fourth-order valence-electron chi connectivity index (χ4n) is 3.32. The Morgan fingerprint density at radius 3 is 2.88 bits per heavy atom.